The molecule has 5 heteroatoms. The van der Waals surface area contributed by atoms with Gasteiger partial charge in [0.2, 0.25) is 0 Å². The molecule has 21 heavy (non-hydrogen) atoms. The molecule has 1 N–H and O–H groups in total. The SMILES string of the molecule is CCC(CC)[C@H]1C[C@H](NC(=O)c2sc(C)nc2C)CCO1. The Labute approximate surface area is 131 Å². The van der Waals surface area contributed by atoms with Crippen molar-refractivity contribution in [3.8, 4) is 0 Å². The summed E-state index contributed by atoms with van der Waals surface area (Å²) in [6.45, 7) is 9.00. The van der Waals surface area contributed by atoms with Gasteiger partial charge < -0.3 is 10.1 Å². The molecule has 0 radical (unpaired) electrons. The van der Waals surface area contributed by atoms with Crippen LogP contribution in [0.5, 0.6) is 0 Å². The summed E-state index contributed by atoms with van der Waals surface area (Å²) in [4.78, 5) is 17.5. The third-order valence-electron chi connectivity index (χ3n) is 4.33. The van der Waals surface area contributed by atoms with Gasteiger partial charge in [-0.2, -0.15) is 0 Å². The van der Waals surface area contributed by atoms with E-state index in [9.17, 15) is 4.79 Å². The van der Waals surface area contributed by atoms with Gasteiger partial charge in [-0.15, -0.1) is 11.3 Å². The van der Waals surface area contributed by atoms with Gasteiger partial charge in [0.1, 0.15) is 4.88 Å². The van der Waals surface area contributed by atoms with E-state index in [1.165, 1.54) is 11.3 Å². The second-order valence-corrected chi connectivity index (χ2v) is 7.03. The highest BCUT2D eigenvalue weighted by atomic mass is 32.1. The second-order valence-electron chi connectivity index (χ2n) is 5.83. The minimum atomic E-state index is 0.0216. The topological polar surface area (TPSA) is 51.2 Å². The molecule has 1 amide bonds. The number of rotatable bonds is 5. The lowest BCUT2D eigenvalue weighted by Crippen LogP contribution is -2.44. The maximum atomic E-state index is 12.4. The average Bonchev–Trinajstić information content (AvgIpc) is 2.80. The lowest BCUT2D eigenvalue weighted by Gasteiger charge is -2.34. The van der Waals surface area contributed by atoms with E-state index in [1.54, 1.807) is 0 Å². The van der Waals surface area contributed by atoms with Crippen LogP contribution in [0.25, 0.3) is 0 Å². The number of thiazole rings is 1. The molecule has 0 aliphatic carbocycles. The van der Waals surface area contributed by atoms with E-state index < -0.39 is 0 Å². The number of carbonyl (C=O) groups is 1. The van der Waals surface area contributed by atoms with Gasteiger partial charge in [0.15, 0.2) is 0 Å². The van der Waals surface area contributed by atoms with Crippen LogP contribution in [0.3, 0.4) is 0 Å². The van der Waals surface area contributed by atoms with Gasteiger partial charge in [-0.05, 0) is 32.6 Å². The number of ether oxygens (including phenoxy) is 1. The summed E-state index contributed by atoms with van der Waals surface area (Å²) in [5.41, 5.74) is 0.832. The smallest absolute Gasteiger partial charge is 0.263 e. The number of hydrogen-bond acceptors (Lipinski definition) is 4. The largest absolute Gasteiger partial charge is 0.378 e. The molecule has 2 atom stereocenters. The number of aryl methyl sites for hydroxylation is 2. The van der Waals surface area contributed by atoms with Crippen molar-refractivity contribution in [2.24, 2.45) is 5.92 Å². The highest BCUT2D eigenvalue weighted by Gasteiger charge is 2.29. The predicted molar refractivity (Wildman–Crippen MR) is 85.9 cm³/mol. The van der Waals surface area contributed by atoms with Gasteiger partial charge in [-0.1, -0.05) is 26.7 Å². The molecular weight excluding hydrogens is 284 g/mol. The zero-order valence-electron chi connectivity index (χ0n) is 13.4. The van der Waals surface area contributed by atoms with Crippen LogP contribution in [0.2, 0.25) is 0 Å². The minimum absolute atomic E-state index is 0.0216. The second kappa shape index (κ2) is 7.36. The van der Waals surface area contributed by atoms with Crippen molar-refractivity contribution >= 4 is 17.2 Å². The summed E-state index contributed by atoms with van der Waals surface area (Å²) < 4.78 is 5.91. The molecule has 4 nitrogen and oxygen atoms in total. The van der Waals surface area contributed by atoms with Gasteiger partial charge >= 0.3 is 0 Å². The van der Waals surface area contributed by atoms with E-state index in [4.69, 9.17) is 4.74 Å². The van der Waals surface area contributed by atoms with Gasteiger partial charge in [0, 0.05) is 12.6 Å². The Morgan fingerprint density at radius 3 is 2.71 bits per heavy atom. The molecule has 1 aromatic rings. The van der Waals surface area contributed by atoms with E-state index in [1.807, 2.05) is 13.8 Å². The van der Waals surface area contributed by atoms with Crippen molar-refractivity contribution in [2.75, 3.05) is 6.61 Å². The molecule has 118 valence electrons. The minimum Gasteiger partial charge on any atom is -0.378 e. The molecule has 0 bridgehead atoms. The quantitative estimate of drug-likeness (QED) is 0.906. The Balaban J connectivity index is 1.96. The standard InChI is InChI=1S/C16H26N2O2S/c1-5-12(6-2)14-9-13(7-8-20-14)18-16(19)15-10(3)17-11(4)21-15/h12-14H,5-9H2,1-4H3,(H,18,19)/t13-,14-/m1/s1. The number of hydrogen-bond donors (Lipinski definition) is 1. The molecule has 2 rings (SSSR count). The van der Waals surface area contributed by atoms with Gasteiger partial charge in [0.25, 0.3) is 5.91 Å². The highest BCUT2D eigenvalue weighted by molar-refractivity contribution is 7.13. The summed E-state index contributed by atoms with van der Waals surface area (Å²) in [5, 5.41) is 4.12. The number of carbonyl (C=O) groups excluding carboxylic acids is 1. The van der Waals surface area contributed by atoms with Gasteiger partial charge in [0.05, 0.1) is 16.8 Å². The fourth-order valence-corrected chi connectivity index (χ4v) is 3.92. The zero-order valence-corrected chi connectivity index (χ0v) is 14.3. The molecule has 0 spiro atoms. The lowest BCUT2D eigenvalue weighted by atomic mass is 9.89. The number of nitrogens with zero attached hydrogens (tertiary/aromatic N) is 1. The van der Waals surface area contributed by atoms with Crippen LogP contribution in [0.15, 0.2) is 0 Å². The van der Waals surface area contributed by atoms with Crippen LogP contribution in [-0.4, -0.2) is 29.6 Å². The molecule has 1 aliphatic heterocycles. The predicted octanol–water partition coefficient (Wildman–Crippen LogP) is 3.47. The molecule has 1 aromatic heterocycles. The first-order valence-corrected chi connectivity index (χ1v) is 8.73. The normalized spacial score (nSPS) is 22.5. The highest BCUT2D eigenvalue weighted by Crippen LogP contribution is 2.26. The van der Waals surface area contributed by atoms with Crippen LogP contribution >= 0.6 is 11.3 Å². The Bertz CT molecular complexity index is 483. The first-order valence-electron chi connectivity index (χ1n) is 7.91. The molecule has 1 aliphatic rings. The molecule has 0 saturated carbocycles. The fourth-order valence-electron chi connectivity index (χ4n) is 3.09. The van der Waals surface area contributed by atoms with Crippen molar-refractivity contribution in [1.82, 2.24) is 10.3 Å². The van der Waals surface area contributed by atoms with Crippen LogP contribution in [0.4, 0.5) is 0 Å². The van der Waals surface area contributed by atoms with Gasteiger partial charge in [-0.25, -0.2) is 4.98 Å². The first kappa shape index (κ1) is 16.4. The first-order chi connectivity index (χ1) is 10.0. The van der Waals surface area contributed by atoms with Crippen molar-refractivity contribution in [1.29, 1.82) is 0 Å². The summed E-state index contributed by atoms with van der Waals surface area (Å²) in [6.07, 6.45) is 4.38. The van der Waals surface area contributed by atoms with Crippen LogP contribution in [0, 0.1) is 19.8 Å². The van der Waals surface area contributed by atoms with Crippen LogP contribution < -0.4 is 5.32 Å². The molecule has 1 fully saturated rings. The monoisotopic (exact) mass is 310 g/mol. The summed E-state index contributed by atoms with van der Waals surface area (Å²) >= 11 is 1.47. The van der Waals surface area contributed by atoms with Crippen molar-refractivity contribution < 1.29 is 9.53 Å². The van der Waals surface area contributed by atoms with E-state index in [0.29, 0.717) is 5.92 Å². The summed E-state index contributed by atoms with van der Waals surface area (Å²) in [7, 11) is 0. The zero-order chi connectivity index (χ0) is 15.4. The number of aromatic nitrogens is 1. The summed E-state index contributed by atoms with van der Waals surface area (Å²) in [5.74, 6) is 0.616. The van der Waals surface area contributed by atoms with E-state index in [-0.39, 0.29) is 18.1 Å². The van der Waals surface area contributed by atoms with E-state index in [2.05, 4.69) is 24.1 Å². The third-order valence-corrected chi connectivity index (χ3v) is 5.41. The van der Waals surface area contributed by atoms with Gasteiger partial charge in [-0.3, -0.25) is 4.79 Å². The number of amides is 1. The van der Waals surface area contributed by atoms with Crippen molar-refractivity contribution in [3.05, 3.63) is 15.6 Å². The maximum Gasteiger partial charge on any atom is 0.263 e. The van der Waals surface area contributed by atoms with E-state index in [0.717, 1.165) is 47.9 Å². The summed E-state index contributed by atoms with van der Waals surface area (Å²) in [6, 6.07) is 0.221. The Morgan fingerprint density at radius 1 is 1.43 bits per heavy atom. The average molecular weight is 310 g/mol. The fraction of sp³-hybridized carbons (Fsp3) is 0.750. The number of nitrogens with one attached hydrogen (secondary N) is 1. The van der Waals surface area contributed by atoms with Crippen LogP contribution in [0.1, 0.15) is 59.9 Å². The Hall–Kier alpha value is -0.940. The third kappa shape index (κ3) is 4.04. The molecule has 2 heterocycles. The Kier molecular flexibility index (Phi) is 5.76. The van der Waals surface area contributed by atoms with Crippen LogP contribution in [-0.2, 0) is 4.74 Å². The van der Waals surface area contributed by atoms with Crippen molar-refractivity contribution in [2.45, 2.75) is 65.5 Å². The molecule has 1 saturated heterocycles. The molecular formula is C16H26N2O2S. The molecule has 0 aromatic carbocycles. The van der Waals surface area contributed by atoms with Crippen molar-refractivity contribution in [3.63, 3.8) is 0 Å². The van der Waals surface area contributed by atoms with E-state index >= 15 is 0 Å². The molecule has 0 unspecified atom stereocenters. The Morgan fingerprint density at radius 2 is 2.14 bits per heavy atom. The maximum absolute atomic E-state index is 12.4. The lowest BCUT2D eigenvalue weighted by molar-refractivity contribution is -0.0337.